The summed E-state index contributed by atoms with van der Waals surface area (Å²) in [7, 11) is 1.57. The van der Waals surface area contributed by atoms with Gasteiger partial charge in [0.2, 0.25) is 0 Å². The molecule has 2 atom stereocenters. The summed E-state index contributed by atoms with van der Waals surface area (Å²) >= 11 is -3.15. The number of hydrogen-bond acceptors (Lipinski definition) is 6. The highest BCUT2D eigenvalue weighted by Crippen LogP contribution is 2.25. The zero-order valence-electron chi connectivity index (χ0n) is 25.1. The highest BCUT2D eigenvalue weighted by Gasteiger charge is 2.31. The van der Waals surface area contributed by atoms with Crippen molar-refractivity contribution in [1.82, 2.24) is 29.3 Å². The van der Waals surface area contributed by atoms with Gasteiger partial charge in [-0.25, -0.2) is 9.24 Å². The second kappa shape index (κ2) is 16.9. The van der Waals surface area contributed by atoms with Crippen LogP contribution < -0.4 is 17.8 Å². The zero-order valence-corrected chi connectivity index (χ0v) is 26.8. The lowest BCUT2D eigenvalue weighted by atomic mass is 9.93. The van der Waals surface area contributed by atoms with Crippen LogP contribution in [0.3, 0.4) is 0 Å². The van der Waals surface area contributed by atoms with Gasteiger partial charge in [0.05, 0.1) is 5.54 Å². The van der Waals surface area contributed by atoms with Crippen molar-refractivity contribution in [2.75, 3.05) is 7.05 Å². The van der Waals surface area contributed by atoms with Gasteiger partial charge >= 0.3 is 0 Å². The molecule has 12 heteroatoms. The molecule has 2 aromatic carbocycles. The maximum Gasteiger partial charge on any atom is 0.288 e. The number of fused-ring (bicyclic) bond motifs is 1. The number of aromatic amines is 1. The summed E-state index contributed by atoms with van der Waals surface area (Å²) < 4.78 is 40.7. The smallest absolute Gasteiger partial charge is 0.288 e. The van der Waals surface area contributed by atoms with Crippen LogP contribution in [0.2, 0.25) is 0 Å². The van der Waals surface area contributed by atoms with E-state index in [-0.39, 0.29) is 5.41 Å². The van der Waals surface area contributed by atoms with Gasteiger partial charge in [-0.3, -0.25) is 5.10 Å². The van der Waals surface area contributed by atoms with E-state index in [1.54, 1.807) is 31.3 Å². The highest BCUT2D eigenvalue weighted by atomic mass is 32.2. The SMILES string of the molecule is CC.CC.CC(C)(C)c1cc2nnc(C(C)(C)NS(=O)Oc3ccccc3)n2[nH]1.CNS(=O)Oc1ccccc1. The van der Waals surface area contributed by atoms with Crippen molar-refractivity contribution in [2.45, 2.75) is 73.3 Å². The van der Waals surface area contributed by atoms with E-state index in [0.717, 1.165) is 11.3 Å². The number of nitrogens with zero attached hydrogens (tertiary/aromatic N) is 3. The molecule has 2 unspecified atom stereocenters. The average Bonchev–Trinajstić information content (AvgIpc) is 3.54. The number of hydrogen-bond donors (Lipinski definition) is 3. The van der Waals surface area contributed by atoms with Crippen molar-refractivity contribution >= 4 is 28.2 Å². The van der Waals surface area contributed by atoms with Gasteiger partial charge in [0.1, 0.15) is 11.5 Å². The molecule has 2 heterocycles. The van der Waals surface area contributed by atoms with Crippen LogP contribution in [-0.4, -0.2) is 35.3 Å². The number of H-pyrrole nitrogens is 1. The Hall–Kier alpha value is -3.06. The number of para-hydroxylation sites is 2. The molecule has 0 aliphatic heterocycles. The Bertz CT molecular complexity index is 1300. The maximum atomic E-state index is 12.3. The Morgan fingerprint density at radius 2 is 1.25 bits per heavy atom. The third-order valence-electron chi connectivity index (χ3n) is 4.90. The average molecular weight is 593 g/mol. The van der Waals surface area contributed by atoms with Gasteiger partial charge in [-0.05, 0) is 45.2 Å². The van der Waals surface area contributed by atoms with Crippen molar-refractivity contribution in [3.8, 4) is 11.5 Å². The van der Waals surface area contributed by atoms with E-state index in [9.17, 15) is 8.42 Å². The molecule has 10 nitrogen and oxygen atoms in total. The molecule has 3 N–H and O–H groups in total. The van der Waals surface area contributed by atoms with Gasteiger partial charge in [0.15, 0.2) is 11.5 Å². The third kappa shape index (κ3) is 10.8. The highest BCUT2D eigenvalue weighted by molar-refractivity contribution is 7.78. The lowest BCUT2D eigenvalue weighted by molar-refractivity contribution is 0.427. The minimum atomic E-state index is -1.72. The molecule has 0 spiro atoms. The molecule has 222 valence electrons. The van der Waals surface area contributed by atoms with E-state index in [1.165, 1.54) is 0 Å². The van der Waals surface area contributed by atoms with E-state index >= 15 is 0 Å². The van der Waals surface area contributed by atoms with Crippen LogP contribution in [0.4, 0.5) is 0 Å². The summed E-state index contributed by atoms with van der Waals surface area (Å²) in [5.74, 6) is 1.76. The van der Waals surface area contributed by atoms with Crippen molar-refractivity contribution in [2.24, 2.45) is 0 Å². The van der Waals surface area contributed by atoms with Gasteiger partial charge in [-0.15, -0.1) is 10.2 Å². The second-order valence-corrected chi connectivity index (χ2v) is 11.2. The molecule has 2 aromatic heterocycles. The molecule has 4 rings (SSSR count). The van der Waals surface area contributed by atoms with Crippen LogP contribution in [-0.2, 0) is 33.5 Å². The Kier molecular flexibility index (Phi) is 14.8. The summed E-state index contributed by atoms with van der Waals surface area (Å²) in [5.41, 5.74) is 1.02. The van der Waals surface area contributed by atoms with Crippen LogP contribution in [0, 0.1) is 0 Å². The summed E-state index contributed by atoms with van der Waals surface area (Å²) in [6.07, 6.45) is 0. The van der Waals surface area contributed by atoms with Crippen molar-refractivity contribution in [3.05, 3.63) is 78.2 Å². The van der Waals surface area contributed by atoms with Crippen molar-refractivity contribution < 1.29 is 16.8 Å². The first-order valence-corrected chi connectivity index (χ1v) is 15.3. The molecule has 0 amide bonds. The minimum Gasteiger partial charge on any atom is -0.389 e. The molecule has 0 aliphatic carbocycles. The summed E-state index contributed by atoms with van der Waals surface area (Å²) in [6, 6.07) is 20.0. The van der Waals surface area contributed by atoms with Crippen molar-refractivity contribution in [1.29, 1.82) is 0 Å². The Labute approximate surface area is 243 Å². The summed E-state index contributed by atoms with van der Waals surface area (Å²) in [6.45, 7) is 18.1. The molecule has 40 heavy (non-hydrogen) atoms. The Morgan fingerprint density at radius 1 is 0.775 bits per heavy atom. The first kappa shape index (κ1) is 35.0. The second-order valence-electron chi connectivity index (χ2n) is 9.33. The van der Waals surface area contributed by atoms with Gasteiger partial charge < -0.3 is 8.37 Å². The van der Waals surface area contributed by atoms with E-state index in [2.05, 4.69) is 45.5 Å². The Morgan fingerprint density at radius 3 is 1.70 bits per heavy atom. The summed E-state index contributed by atoms with van der Waals surface area (Å²) in [5, 5.41) is 11.8. The maximum absolute atomic E-state index is 12.3. The quantitative estimate of drug-likeness (QED) is 0.239. The topological polar surface area (TPSA) is 123 Å². The molecule has 0 saturated heterocycles. The third-order valence-corrected chi connectivity index (χ3v) is 6.59. The molecule has 0 saturated carbocycles. The standard InChI is InChI=1S/C17H23N5O2S.C7H9NO2S.2C2H6/c1-16(2,3)13-11-14-18-19-15(22(14)20-13)17(4,5)21-25(23)24-12-9-7-6-8-10-12;1-8-11(9)10-7-5-3-2-4-6-7;2*1-2/h6-11,20-21H,1-5H3;2-6,8H,1H3;2*1-2H3. The van der Waals surface area contributed by atoms with Crippen LogP contribution in [0.25, 0.3) is 5.65 Å². The van der Waals surface area contributed by atoms with Crippen LogP contribution in [0.1, 0.15) is 73.8 Å². The normalized spacial score (nSPS) is 12.4. The first-order valence-electron chi connectivity index (χ1n) is 13.2. The summed E-state index contributed by atoms with van der Waals surface area (Å²) in [4.78, 5) is 0. The largest absolute Gasteiger partial charge is 0.389 e. The lowest BCUT2D eigenvalue weighted by Gasteiger charge is -2.23. The number of rotatable bonds is 8. The lowest BCUT2D eigenvalue weighted by Crippen LogP contribution is -2.41. The van der Waals surface area contributed by atoms with Gasteiger partial charge in [0, 0.05) is 17.2 Å². The Balaban J connectivity index is 0.000000446. The fourth-order valence-corrected chi connectivity index (χ4v) is 4.22. The number of nitrogens with one attached hydrogen (secondary N) is 3. The number of aromatic nitrogens is 4. The molecule has 0 bridgehead atoms. The molecule has 0 aliphatic rings. The van der Waals surface area contributed by atoms with Gasteiger partial charge in [0.25, 0.3) is 22.5 Å². The first-order chi connectivity index (χ1) is 19.0. The fourth-order valence-electron chi connectivity index (χ4n) is 3.01. The molecule has 0 radical (unpaired) electrons. The van der Waals surface area contributed by atoms with E-state index in [0.29, 0.717) is 17.3 Å². The zero-order chi connectivity index (χ0) is 30.3. The molecular formula is C28H44N6O4S2. The molecule has 4 aromatic rings. The predicted molar refractivity (Wildman–Crippen MR) is 164 cm³/mol. The van der Waals surface area contributed by atoms with Crippen LogP contribution >= 0.6 is 0 Å². The van der Waals surface area contributed by atoms with Crippen LogP contribution in [0.5, 0.6) is 11.5 Å². The van der Waals surface area contributed by atoms with Crippen LogP contribution in [0.15, 0.2) is 66.7 Å². The molecule has 0 fully saturated rings. The fraction of sp³-hybridized carbons (Fsp3) is 0.429. The van der Waals surface area contributed by atoms with E-state index in [1.807, 2.05) is 88.5 Å². The van der Waals surface area contributed by atoms with Crippen molar-refractivity contribution in [3.63, 3.8) is 0 Å². The van der Waals surface area contributed by atoms with E-state index in [4.69, 9.17) is 8.37 Å². The predicted octanol–water partition coefficient (Wildman–Crippen LogP) is 5.75. The van der Waals surface area contributed by atoms with Gasteiger partial charge in [-0.2, -0.15) is 13.1 Å². The molecular weight excluding hydrogens is 548 g/mol. The number of benzene rings is 2. The van der Waals surface area contributed by atoms with E-state index < -0.39 is 28.1 Å². The monoisotopic (exact) mass is 592 g/mol. The van der Waals surface area contributed by atoms with Gasteiger partial charge in [-0.1, -0.05) is 84.9 Å². The minimum absolute atomic E-state index is 0.0330.